The van der Waals surface area contributed by atoms with E-state index < -0.39 is 41.5 Å². The summed E-state index contributed by atoms with van der Waals surface area (Å²) in [5.74, 6) is 6.06. The van der Waals surface area contributed by atoms with Crippen LogP contribution in [0.3, 0.4) is 0 Å². The number of allylic oxidation sites excluding steroid dienone is 4. The Morgan fingerprint density at radius 2 is 1.89 bits per heavy atom. The summed E-state index contributed by atoms with van der Waals surface area (Å²) < 4.78 is 13.2. The van der Waals surface area contributed by atoms with Gasteiger partial charge in [-0.05, 0) is 85.6 Å². The number of aliphatic hydroxyl groups excluding tert-OH is 2. The number of anilines is 1. The number of ketones is 2. The third-order valence-corrected chi connectivity index (χ3v) is 11.4. The number of benzene rings is 2. The lowest BCUT2D eigenvalue weighted by atomic mass is 9.46. The van der Waals surface area contributed by atoms with Gasteiger partial charge in [-0.3, -0.25) is 9.59 Å². The number of hydrogen-bond donors (Lipinski definition) is 3. The fraction of sp³-hybridized carbons (Fsp3) is 0.459. The Kier molecular flexibility index (Phi) is 6.98. The number of nitrogens with two attached hydrogens (primary N) is 1. The quantitative estimate of drug-likeness (QED) is 0.360. The fourth-order valence-corrected chi connectivity index (χ4v) is 9.53. The van der Waals surface area contributed by atoms with E-state index in [1.54, 1.807) is 12.2 Å². The van der Waals surface area contributed by atoms with Crippen LogP contribution in [0, 0.1) is 40.4 Å². The molecule has 228 valence electrons. The van der Waals surface area contributed by atoms with Gasteiger partial charge in [-0.2, -0.15) is 0 Å². The number of nitrogen functional groups attached to an aromatic ring is 1. The molecule has 0 unspecified atom stereocenters. The minimum absolute atomic E-state index is 0.00200. The molecule has 1 heterocycles. The topological polar surface area (TPSA) is 119 Å². The van der Waals surface area contributed by atoms with E-state index in [0.29, 0.717) is 24.9 Å². The van der Waals surface area contributed by atoms with Crippen LogP contribution in [-0.4, -0.2) is 52.5 Å². The minimum Gasteiger partial charge on any atom is -0.399 e. The summed E-state index contributed by atoms with van der Waals surface area (Å²) in [5.41, 5.74) is 7.87. The molecule has 4 N–H and O–H groups in total. The first kappa shape index (κ1) is 29.2. The van der Waals surface area contributed by atoms with Crippen molar-refractivity contribution in [3.05, 3.63) is 89.0 Å². The molecule has 0 spiro atoms. The van der Waals surface area contributed by atoms with Crippen LogP contribution in [0.15, 0.2) is 72.3 Å². The number of fused-ring (bicyclic) bond motifs is 7. The maximum atomic E-state index is 13.7. The van der Waals surface area contributed by atoms with Crippen LogP contribution in [0.5, 0.6) is 0 Å². The van der Waals surface area contributed by atoms with Crippen molar-refractivity contribution in [3.63, 3.8) is 0 Å². The van der Waals surface area contributed by atoms with Crippen LogP contribution < -0.4 is 5.73 Å². The third-order valence-electron chi connectivity index (χ3n) is 11.4. The highest BCUT2D eigenvalue weighted by Gasteiger charge is 2.75. The summed E-state index contributed by atoms with van der Waals surface area (Å²) in [6.45, 7) is 3.54. The summed E-state index contributed by atoms with van der Waals surface area (Å²) in [5, 5.41) is 22.0. The maximum absolute atomic E-state index is 13.7. The molecular weight excluding hydrogens is 554 g/mol. The molecule has 2 aromatic rings. The van der Waals surface area contributed by atoms with Gasteiger partial charge in [-0.25, -0.2) is 0 Å². The van der Waals surface area contributed by atoms with Gasteiger partial charge in [0.25, 0.3) is 0 Å². The van der Waals surface area contributed by atoms with Crippen molar-refractivity contribution in [3.8, 4) is 11.8 Å². The second-order valence-corrected chi connectivity index (χ2v) is 13.7. The zero-order chi connectivity index (χ0) is 30.9. The number of carbonyl (C=O) groups is 2. The molecular formula is C37H39NO6. The largest absolute Gasteiger partial charge is 0.399 e. The lowest BCUT2D eigenvalue weighted by Gasteiger charge is -2.59. The van der Waals surface area contributed by atoms with Gasteiger partial charge in [0.15, 0.2) is 23.5 Å². The van der Waals surface area contributed by atoms with E-state index in [4.69, 9.17) is 15.2 Å². The molecule has 7 rings (SSSR count). The number of hydrogen-bond acceptors (Lipinski definition) is 7. The minimum atomic E-state index is -1.33. The highest BCUT2D eigenvalue weighted by molar-refractivity contribution is 6.01. The predicted molar refractivity (Wildman–Crippen MR) is 165 cm³/mol. The Morgan fingerprint density at radius 3 is 2.64 bits per heavy atom. The normalized spacial score (nSPS) is 38.5. The van der Waals surface area contributed by atoms with Gasteiger partial charge in [0.05, 0.1) is 12.2 Å². The first-order chi connectivity index (χ1) is 21.1. The van der Waals surface area contributed by atoms with Gasteiger partial charge in [0.1, 0.15) is 6.61 Å². The van der Waals surface area contributed by atoms with Crippen LogP contribution in [0.1, 0.15) is 56.2 Å². The second-order valence-electron chi connectivity index (χ2n) is 13.7. The Labute approximate surface area is 258 Å². The van der Waals surface area contributed by atoms with E-state index in [9.17, 15) is 19.8 Å². The molecule has 4 fully saturated rings. The van der Waals surface area contributed by atoms with Crippen LogP contribution in [-0.2, 0) is 25.5 Å². The first-order valence-corrected chi connectivity index (χ1v) is 15.6. The molecule has 2 aromatic carbocycles. The second kappa shape index (κ2) is 10.5. The van der Waals surface area contributed by atoms with E-state index >= 15 is 0 Å². The lowest BCUT2D eigenvalue weighted by molar-refractivity contribution is -0.199. The lowest BCUT2D eigenvalue weighted by Crippen LogP contribution is -2.63. The highest BCUT2D eigenvalue weighted by Crippen LogP contribution is 2.69. The van der Waals surface area contributed by atoms with Crippen LogP contribution in [0.2, 0.25) is 0 Å². The number of Topliss-reactive ketones (excluding diaryl/α,β-unsaturated/α-hetero) is 1. The van der Waals surface area contributed by atoms with E-state index in [1.807, 2.05) is 54.6 Å². The molecule has 7 nitrogen and oxygen atoms in total. The van der Waals surface area contributed by atoms with E-state index in [2.05, 4.69) is 25.7 Å². The highest BCUT2D eigenvalue weighted by atomic mass is 16.7. The van der Waals surface area contributed by atoms with Gasteiger partial charge in [0.2, 0.25) is 0 Å². The molecule has 0 amide bonds. The molecule has 4 aliphatic carbocycles. The zero-order valence-corrected chi connectivity index (χ0v) is 25.2. The summed E-state index contributed by atoms with van der Waals surface area (Å²) in [4.78, 5) is 25.9. The van der Waals surface area contributed by atoms with E-state index in [-0.39, 0.29) is 29.3 Å². The number of rotatable bonds is 4. The van der Waals surface area contributed by atoms with Crippen molar-refractivity contribution in [2.75, 3.05) is 12.3 Å². The Morgan fingerprint density at radius 1 is 1.11 bits per heavy atom. The first-order valence-electron chi connectivity index (χ1n) is 15.6. The number of aliphatic hydroxyl groups is 2. The van der Waals surface area contributed by atoms with E-state index in [1.165, 1.54) is 0 Å². The van der Waals surface area contributed by atoms with Gasteiger partial charge in [-0.1, -0.05) is 55.5 Å². The number of ether oxygens (including phenoxy) is 2. The van der Waals surface area contributed by atoms with Crippen molar-refractivity contribution in [1.29, 1.82) is 0 Å². The Bertz CT molecular complexity index is 1630. The smallest absolute Gasteiger partial charge is 0.193 e. The van der Waals surface area contributed by atoms with Crippen molar-refractivity contribution in [2.24, 2.45) is 28.6 Å². The van der Waals surface area contributed by atoms with Crippen molar-refractivity contribution in [2.45, 2.75) is 70.1 Å². The standard InChI is InChI=1S/C37H39NO6/c1-35-15-14-27(40)18-25(35)12-13-28-29-19-32-37(31(42)21-39,36(29,2)20-30(41)34(28)35)44-33(43-32)17-24-10-7-22(8-11-24)6-9-23-4-3-5-26(38)16-23/h3-5,7-8,10-11,14-16,18,28-30,32-34,39,41H,12-13,17,19-21,38H2,1-2H3/t28-,29-,30-,32+,33+,34+,35-,36-,37+/m0/s1. The Balaban J connectivity index is 1.12. The van der Waals surface area contributed by atoms with Gasteiger partial charge in [-0.15, -0.1) is 0 Å². The van der Waals surface area contributed by atoms with Crippen molar-refractivity contribution >= 4 is 17.3 Å². The third kappa shape index (κ3) is 4.34. The van der Waals surface area contributed by atoms with E-state index in [0.717, 1.165) is 35.1 Å². The SMILES string of the molecule is C[C@]12C=CC(=O)C=C1CC[C@@H]1[C@@H]2[C@@H](O)C[C@@]2(C)[C@H]1C[C@H]1O[C@@H](Cc3ccc(C#Cc4cccc(N)c4)cc3)O[C@]12C(=O)CO. The molecule has 1 saturated heterocycles. The molecule has 0 bridgehead atoms. The van der Waals surface area contributed by atoms with Crippen LogP contribution in [0.25, 0.3) is 0 Å². The summed E-state index contributed by atoms with van der Waals surface area (Å²) in [6, 6.07) is 15.3. The molecule has 7 heteroatoms. The molecule has 0 aromatic heterocycles. The molecule has 9 atom stereocenters. The van der Waals surface area contributed by atoms with Crippen LogP contribution in [0.4, 0.5) is 5.69 Å². The Hall–Kier alpha value is -3.54. The summed E-state index contributed by atoms with van der Waals surface area (Å²) in [6.07, 6.45) is 6.54. The summed E-state index contributed by atoms with van der Waals surface area (Å²) in [7, 11) is 0. The monoisotopic (exact) mass is 593 g/mol. The maximum Gasteiger partial charge on any atom is 0.193 e. The average Bonchev–Trinajstić information content (AvgIpc) is 3.48. The van der Waals surface area contributed by atoms with Gasteiger partial charge >= 0.3 is 0 Å². The van der Waals surface area contributed by atoms with Gasteiger partial charge < -0.3 is 25.4 Å². The fourth-order valence-electron chi connectivity index (χ4n) is 9.53. The molecule has 3 saturated carbocycles. The molecule has 44 heavy (non-hydrogen) atoms. The molecule has 5 aliphatic rings. The average molecular weight is 594 g/mol. The number of carbonyl (C=O) groups excluding carboxylic acids is 2. The summed E-state index contributed by atoms with van der Waals surface area (Å²) >= 11 is 0. The van der Waals surface area contributed by atoms with Crippen molar-refractivity contribution in [1.82, 2.24) is 0 Å². The molecule has 0 radical (unpaired) electrons. The molecule has 1 aliphatic heterocycles. The van der Waals surface area contributed by atoms with Crippen molar-refractivity contribution < 1.29 is 29.3 Å². The van der Waals surface area contributed by atoms with Gasteiger partial charge in [0, 0.05) is 40.0 Å². The zero-order valence-electron chi connectivity index (χ0n) is 25.2. The predicted octanol–water partition coefficient (Wildman–Crippen LogP) is 4.14. The van der Waals surface area contributed by atoms with Crippen LogP contribution >= 0.6 is 0 Å².